The summed E-state index contributed by atoms with van der Waals surface area (Å²) in [7, 11) is 1.69. The van der Waals surface area contributed by atoms with E-state index in [-0.39, 0.29) is 0 Å². The van der Waals surface area contributed by atoms with Gasteiger partial charge < -0.3 is 10.1 Å². The summed E-state index contributed by atoms with van der Waals surface area (Å²) in [6, 6.07) is 2.77. The Hall–Kier alpha value is -1.09. The number of hydrogen-bond donors (Lipinski definition) is 1. The van der Waals surface area contributed by atoms with E-state index in [2.05, 4.69) is 23.3 Å². The number of rotatable bonds is 7. The zero-order valence-corrected chi connectivity index (χ0v) is 10.8. The molecule has 17 heavy (non-hydrogen) atoms. The first-order valence-corrected chi connectivity index (χ1v) is 6.54. The first-order valence-electron chi connectivity index (χ1n) is 6.54. The minimum Gasteiger partial charge on any atom is -0.495 e. The lowest BCUT2D eigenvalue weighted by Gasteiger charge is -2.17. The van der Waals surface area contributed by atoms with E-state index in [0.29, 0.717) is 6.04 Å². The summed E-state index contributed by atoms with van der Waals surface area (Å²) in [5.41, 5.74) is 1.27. The predicted molar refractivity (Wildman–Crippen MR) is 69.3 cm³/mol. The van der Waals surface area contributed by atoms with Crippen LogP contribution in [-0.2, 0) is 6.42 Å². The number of methoxy groups -OCH3 is 1. The number of nitrogens with one attached hydrogen (secondary N) is 1. The van der Waals surface area contributed by atoms with Crippen LogP contribution in [0.15, 0.2) is 18.5 Å². The maximum atomic E-state index is 5.19. The zero-order valence-electron chi connectivity index (χ0n) is 10.8. The highest BCUT2D eigenvalue weighted by Crippen LogP contribution is 2.34. The molecule has 0 radical (unpaired) electrons. The van der Waals surface area contributed by atoms with Crippen LogP contribution in [0, 0.1) is 5.92 Å². The lowest BCUT2D eigenvalue weighted by Crippen LogP contribution is -2.31. The van der Waals surface area contributed by atoms with Crippen molar-refractivity contribution in [1.82, 2.24) is 10.3 Å². The average Bonchev–Trinajstić information content (AvgIpc) is 3.19. The van der Waals surface area contributed by atoms with E-state index < -0.39 is 0 Å². The van der Waals surface area contributed by atoms with Gasteiger partial charge >= 0.3 is 0 Å². The van der Waals surface area contributed by atoms with Crippen LogP contribution in [0.4, 0.5) is 0 Å². The van der Waals surface area contributed by atoms with Gasteiger partial charge in [0.2, 0.25) is 0 Å². The van der Waals surface area contributed by atoms with Crippen LogP contribution in [0.1, 0.15) is 31.7 Å². The quantitative estimate of drug-likeness (QED) is 0.786. The Morgan fingerprint density at radius 1 is 1.47 bits per heavy atom. The summed E-state index contributed by atoms with van der Waals surface area (Å²) in [6.45, 7) is 3.25. The van der Waals surface area contributed by atoms with Crippen molar-refractivity contribution in [3.8, 4) is 5.75 Å². The highest BCUT2D eigenvalue weighted by Gasteiger charge is 2.29. The largest absolute Gasteiger partial charge is 0.495 e. The highest BCUT2D eigenvalue weighted by atomic mass is 16.5. The van der Waals surface area contributed by atoms with Crippen molar-refractivity contribution in [2.24, 2.45) is 5.92 Å². The van der Waals surface area contributed by atoms with E-state index >= 15 is 0 Å². The molecule has 2 rings (SSSR count). The van der Waals surface area contributed by atoms with E-state index in [9.17, 15) is 0 Å². The van der Waals surface area contributed by atoms with Crippen LogP contribution in [-0.4, -0.2) is 24.7 Å². The van der Waals surface area contributed by atoms with Gasteiger partial charge in [0.25, 0.3) is 0 Å². The Bertz CT molecular complexity index is 350. The molecule has 1 atom stereocenters. The van der Waals surface area contributed by atoms with Crippen LogP contribution in [0.25, 0.3) is 0 Å². The number of aromatic nitrogens is 1. The Labute approximate surface area is 104 Å². The van der Waals surface area contributed by atoms with E-state index in [4.69, 9.17) is 4.74 Å². The zero-order chi connectivity index (χ0) is 12.1. The summed E-state index contributed by atoms with van der Waals surface area (Å²) in [6.07, 6.45) is 8.78. The van der Waals surface area contributed by atoms with Gasteiger partial charge in [-0.15, -0.1) is 0 Å². The molecule has 0 spiro atoms. The molecule has 0 aromatic carbocycles. The molecule has 0 amide bonds. The monoisotopic (exact) mass is 234 g/mol. The molecule has 94 valence electrons. The van der Waals surface area contributed by atoms with E-state index in [1.54, 1.807) is 13.3 Å². The Morgan fingerprint density at radius 2 is 2.29 bits per heavy atom. The van der Waals surface area contributed by atoms with Crippen LogP contribution >= 0.6 is 0 Å². The molecule has 1 aliphatic rings. The molecule has 1 unspecified atom stereocenters. The third-order valence-electron chi connectivity index (χ3n) is 3.41. The van der Waals surface area contributed by atoms with Crippen molar-refractivity contribution in [3.63, 3.8) is 0 Å². The molecule has 3 nitrogen and oxygen atoms in total. The van der Waals surface area contributed by atoms with Crippen molar-refractivity contribution in [2.75, 3.05) is 13.7 Å². The van der Waals surface area contributed by atoms with Gasteiger partial charge in [-0.2, -0.15) is 0 Å². The first-order chi connectivity index (χ1) is 8.33. The van der Waals surface area contributed by atoms with Gasteiger partial charge in [-0.1, -0.05) is 6.92 Å². The maximum Gasteiger partial charge on any atom is 0.137 e. The van der Waals surface area contributed by atoms with Gasteiger partial charge in [0.15, 0.2) is 0 Å². The van der Waals surface area contributed by atoms with E-state index in [1.165, 1.54) is 24.8 Å². The van der Waals surface area contributed by atoms with Gasteiger partial charge in [-0.05, 0) is 49.8 Å². The number of nitrogens with zero attached hydrogens (tertiary/aromatic N) is 1. The standard InChI is InChI=1S/C14H22N2O/c1-3-16-14(12-5-6-12)7-4-11-8-13(17-2)10-15-9-11/h8-10,12,14,16H,3-7H2,1-2H3. The molecule has 0 bridgehead atoms. The minimum atomic E-state index is 0.686. The topological polar surface area (TPSA) is 34.2 Å². The summed E-state index contributed by atoms with van der Waals surface area (Å²) in [5, 5.41) is 3.59. The van der Waals surface area contributed by atoms with Crippen molar-refractivity contribution in [3.05, 3.63) is 24.0 Å². The lowest BCUT2D eigenvalue weighted by atomic mass is 10.0. The van der Waals surface area contributed by atoms with Crippen LogP contribution < -0.4 is 10.1 Å². The van der Waals surface area contributed by atoms with Crippen molar-refractivity contribution in [1.29, 1.82) is 0 Å². The molecular formula is C14H22N2O. The molecule has 1 saturated carbocycles. The molecule has 0 aliphatic heterocycles. The van der Waals surface area contributed by atoms with Crippen LogP contribution in [0.5, 0.6) is 5.75 Å². The Kier molecular flexibility index (Phi) is 4.37. The molecule has 1 heterocycles. The van der Waals surface area contributed by atoms with Crippen LogP contribution in [0.3, 0.4) is 0 Å². The van der Waals surface area contributed by atoms with E-state index in [0.717, 1.165) is 24.6 Å². The van der Waals surface area contributed by atoms with Crippen LogP contribution in [0.2, 0.25) is 0 Å². The second-order valence-corrected chi connectivity index (χ2v) is 4.77. The van der Waals surface area contributed by atoms with Crippen molar-refractivity contribution in [2.45, 2.75) is 38.6 Å². The summed E-state index contributed by atoms with van der Waals surface area (Å²) in [4.78, 5) is 4.19. The molecule has 1 fully saturated rings. The number of hydrogen-bond acceptors (Lipinski definition) is 3. The smallest absolute Gasteiger partial charge is 0.137 e. The number of pyridine rings is 1. The summed E-state index contributed by atoms with van der Waals surface area (Å²) < 4.78 is 5.19. The normalized spacial score (nSPS) is 16.8. The third kappa shape index (κ3) is 3.70. The summed E-state index contributed by atoms with van der Waals surface area (Å²) in [5.74, 6) is 1.77. The fraction of sp³-hybridized carbons (Fsp3) is 0.643. The van der Waals surface area contributed by atoms with Gasteiger partial charge in [0.05, 0.1) is 13.3 Å². The molecule has 0 saturated heterocycles. The first kappa shape index (κ1) is 12.4. The predicted octanol–water partition coefficient (Wildman–Crippen LogP) is 2.41. The second kappa shape index (κ2) is 6.01. The number of ether oxygens (including phenoxy) is 1. The summed E-state index contributed by atoms with van der Waals surface area (Å²) >= 11 is 0. The Morgan fingerprint density at radius 3 is 2.94 bits per heavy atom. The molecule has 3 heteroatoms. The molecule has 1 N–H and O–H groups in total. The molecule has 1 aliphatic carbocycles. The SMILES string of the molecule is CCNC(CCc1cncc(OC)c1)C1CC1. The second-order valence-electron chi connectivity index (χ2n) is 4.77. The maximum absolute atomic E-state index is 5.19. The van der Waals surface area contributed by atoms with Gasteiger partial charge in [0, 0.05) is 12.2 Å². The van der Waals surface area contributed by atoms with Crippen molar-refractivity contribution < 1.29 is 4.74 Å². The van der Waals surface area contributed by atoms with Crippen molar-refractivity contribution >= 4 is 0 Å². The lowest BCUT2D eigenvalue weighted by molar-refractivity contribution is 0.411. The molecular weight excluding hydrogens is 212 g/mol. The fourth-order valence-electron chi connectivity index (χ4n) is 2.30. The molecule has 1 aromatic heterocycles. The van der Waals surface area contributed by atoms with Gasteiger partial charge in [0.1, 0.15) is 5.75 Å². The van der Waals surface area contributed by atoms with Gasteiger partial charge in [-0.3, -0.25) is 4.98 Å². The Balaban J connectivity index is 1.86. The molecule has 1 aromatic rings. The minimum absolute atomic E-state index is 0.686. The van der Waals surface area contributed by atoms with E-state index in [1.807, 2.05) is 6.20 Å². The number of aryl methyl sites for hydroxylation is 1. The van der Waals surface area contributed by atoms with Gasteiger partial charge in [-0.25, -0.2) is 0 Å². The fourth-order valence-corrected chi connectivity index (χ4v) is 2.30. The third-order valence-corrected chi connectivity index (χ3v) is 3.41. The average molecular weight is 234 g/mol. The highest BCUT2D eigenvalue weighted by molar-refractivity contribution is 5.23.